The zero-order chi connectivity index (χ0) is 17.7. The molecule has 0 aromatic carbocycles. The third-order valence-corrected chi connectivity index (χ3v) is 4.97. The Labute approximate surface area is 148 Å². The fourth-order valence-electron chi connectivity index (χ4n) is 3.13. The summed E-state index contributed by atoms with van der Waals surface area (Å²) in [7, 11) is 2.37. The van der Waals surface area contributed by atoms with Crippen molar-refractivity contribution >= 4 is 5.97 Å². The van der Waals surface area contributed by atoms with Crippen molar-refractivity contribution in [3.05, 3.63) is 12.2 Å². The number of unbranched alkanes of at least 4 members (excludes halogenated alkanes) is 8. The molecule has 0 unspecified atom stereocenters. The van der Waals surface area contributed by atoms with E-state index in [0.29, 0.717) is 12.2 Å². The van der Waals surface area contributed by atoms with Gasteiger partial charge in [-0.2, -0.15) is 0 Å². The topological polar surface area (TPSA) is 35.5 Å². The van der Waals surface area contributed by atoms with Crippen molar-refractivity contribution in [3.8, 4) is 0 Å². The van der Waals surface area contributed by atoms with E-state index in [1.165, 1.54) is 69.1 Å². The molecule has 0 saturated carbocycles. The van der Waals surface area contributed by atoms with Gasteiger partial charge in [-0.25, -0.2) is 4.79 Å². The predicted octanol–water partition coefficient (Wildman–Crippen LogP) is 4.09. The van der Waals surface area contributed by atoms with Crippen molar-refractivity contribution in [2.45, 2.75) is 64.7 Å². The van der Waals surface area contributed by atoms with E-state index < -0.39 is 0 Å². The molecule has 140 valence electrons. The molecule has 1 fully saturated rings. The molecule has 0 radical (unpaired) electrons. The second kappa shape index (κ2) is 12.5. The Morgan fingerprint density at radius 1 is 0.958 bits per heavy atom. The highest BCUT2D eigenvalue weighted by molar-refractivity contribution is 5.86. The summed E-state index contributed by atoms with van der Waals surface area (Å²) < 4.78 is 11.7. The van der Waals surface area contributed by atoms with Gasteiger partial charge < -0.3 is 14.0 Å². The third-order valence-electron chi connectivity index (χ3n) is 4.97. The number of hydrogen-bond acceptors (Lipinski definition) is 3. The number of ether oxygens (including phenoxy) is 2. The first-order valence-corrected chi connectivity index (χ1v) is 9.77. The Hall–Kier alpha value is -0.870. The summed E-state index contributed by atoms with van der Waals surface area (Å²) in [5.74, 6) is -0.261. The van der Waals surface area contributed by atoms with Crippen LogP contribution in [-0.2, 0) is 14.3 Å². The van der Waals surface area contributed by atoms with E-state index in [1.54, 1.807) is 6.92 Å². The zero-order valence-corrected chi connectivity index (χ0v) is 16.0. The zero-order valence-electron chi connectivity index (χ0n) is 16.0. The molecule has 4 heteroatoms. The lowest BCUT2D eigenvalue weighted by atomic mass is 10.1. The first-order valence-electron chi connectivity index (χ1n) is 9.77. The summed E-state index contributed by atoms with van der Waals surface area (Å²) in [6.45, 7) is 11.3. The van der Waals surface area contributed by atoms with E-state index in [2.05, 4.69) is 13.6 Å². The van der Waals surface area contributed by atoms with E-state index in [-0.39, 0.29) is 5.97 Å². The molecule has 4 nitrogen and oxygen atoms in total. The number of rotatable bonds is 13. The minimum absolute atomic E-state index is 0.261. The van der Waals surface area contributed by atoms with Crippen LogP contribution < -0.4 is 0 Å². The second-order valence-electron chi connectivity index (χ2n) is 7.50. The van der Waals surface area contributed by atoms with Crippen molar-refractivity contribution in [2.75, 3.05) is 46.5 Å². The van der Waals surface area contributed by atoms with Crippen LogP contribution in [0, 0.1) is 0 Å². The average Bonchev–Trinajstić information content (AvgIpc) is 2.56. The Balaban J connectivity index is 1.80. The normalized spacial score (nSPS) is 16.8. The van der Waals surface area contributed by atoms with Gasteiger partial charge in [0.25, 0.3) is 0 Å². The van der Waals surface area contributed by atoms with Crippen LogP contribution in [0.4, 0.5) is 0 Å². The van der Waals surface area contributed by atoms with Gasteiger partial charge in [-0.15, -0.1) is 0 Å². The van der Waals surface area contributed by atoms with Gasteiger partial charge in [-0.3, -0.25) is 0 Å². The minimum Gasteiger partial charge on any atom is -0.462 e. The van der Waals surface area contributed by atoms with E-state index in [4.69, 9.17) is 9.47 Å². The van der Waals surface area contributed by atoms with Gasteiger partial charge in [0.1, 0.15) is 13.1 Å². The van der Waals surface area contributed by atoms with Crippen LogP contribution >= 0.6 is 0 Å². The maximum absolute atomic E-state index is 11.2. The fourth-order valence-corrected chi connectivity index (χ4v) is 3.13. The van der Waals surface area contributed by atoms with Crippen molar-refractivity contribution in [1.29, 1.82) is 0 Å². The standard InChI is InChI=1S/C20H38NO3/c1-19(2)20(22)24-16-12-10-8-6-4-5-7-9-11-13-21(3)14-17-23-18-15-21/h1,4-18H2,2-3H3/q+1. The Morgan fingerprint density at radius 3 is 2.00 bits per heavy atom. The van der Waals surface area contributed by atoms with Gasteiger partial charge in [0.15, 0.2) is 0 Å². The lowest BCUT2D eigenvalue weighted by Crippen LogP contribution is -2.52. The van der Waals surface area contributed by atoms with E-state index in [0.717, 1.165) is 26.1 Å². The Bertz CT molecular complexity index is 362. The first kappa shape index (κ1) is 21.2. The summed E-state index contributed by atoms with van der Waals surface area (Å²) in [5, 5.41) is 0. The molecule has 0 bridgehead atoms. The number of nitrogens with zero attached hydrogens (tertiary/aromatic N) is 1. The summed E-state index contributed by atoms with van der Waals surface area (Å²) in [5.41, 5.74) is 0.486. The monoisotopic (exact) mass is 340 g/mol. The highest BCUT2D eigenvalue weighted by atomic mass is 16.5. The highest BCUT2D eigenvalue weighted by Gasteiger charge is 2.24. The molecule has 1 saturated heterocycles. The molecule has 1 aliphatic rings. The van der Waals surface area contributed by atoms with E-state index in [9.17, 15) is 4.79 Å². The van der Waals surface area contributed by atoms with E-state index in [1.807, 2.05) is 0 Å². The third kappa shape index (κ3) is 10.1. The quantitative estimate of drug-likeness (QED) is 0.219. The number of carbonyl (C=O) groups is 1. The molecular weight excluding hydrogens is 302 g/mol. The van der Waals surface area contributed by atoms with Crippen LogP contribution in [0.15, 0.2) is 12.2 Å². The second-order valence-corrected chi connectivity index (χ2v) is 7.50. The van der Waals surface area contributed by atoms with Gasteiger partial charge >= 0.3 is 5.97 Å². The lowest BCUT2D eigenvalue weighted by molar-refractivity contribution is -0.917. The molecule has 1 aliphatic heterocycles. The number of likely N-dealkylation sites (N-methyl/N-ethyl adjacent to an activating group) is 1. The molecule has 1 rings (SSSR count). The maximum atomic E-state index is 11.2. The molecule has 0 atom stereocenters. The Kier molecular flexibility index (Phi) is 11.0. The summed E-state index contributed by atoms with van der Waals surface area (Å²) >= 11 is 0. The van der Waals surface area contributed by atoms with Gasteiger partial charge in [-0.05, 0) is 26.2 Å². The van der Waals surface area contributed by atoms with Crippen LogP contribution in [0.25, 0.3) is 0 Å². The summed E-state index contributed by atoms with van der Waals surface area (Å²) in [6.07, 6.45) is 11.5. The lowest BCUT2D eigenvalue weighted by Gasteiger charge is -2.37. The van der Waals surface area contributed by atoms with Crippen LogP contribution in [0.3, 0.4) is 0 Å². The van der Waals surface area contributed by atoms with Crippen LogP contribution in [0.5, 0.6) is 0 Å². The average molecular weight is 341 g/mol. The molecule has 0 amide bonds. The number of hydrogen-bond donors (Lipinski definition) is 0. The van der Waals surface area contributed by atoms with Crippen molar-refractivity contribution < 1.29 is 18.8 Å². The molecule has 1 heterocycles. The van der Waals surface area contributed by atoms with Crippen molar-refractivity contribution in [3.63, 3.8) is 0 Å². The number of quaternary nitrogens is 1. The van der Waals surface area contributed by atoms with Gasteiger partial charge in [0, 0.05) is 5.57 Å². The van der Waals surface area contributed by atoms with Gasteiger partial charge in [0.05, 0.1) is 33.4 Å². The molecule has 0 spiro atoms. The number of carbonyl (C=O) groups excluding carboxylic acids is 1. The predicted molar refractivity (Wildman–Crippen MR) is 98.9 cm³/mol. The van der Waals surface area contributed by atoms with Crippen LogP contribution in [0.1, 0.15) is 64.7 Å². The van der Waals surface area contributed by atoms with Crippen molar-refractivity contribution in [2.24, 2.45) is 0 Å². The SMILES string of the molecule is C=C(C)C(=O)OCCCCCCCCCCC[N+]1(C)CCOCC1. The Morgan fingerprint density at radius 2 is 1.46 bits per heavy atom. The van der Waals surface area contributed by atoms with Crippen LogP contribution in [-0.4, -0.2) is 57.0 Å². The van der Waals surface area contributed by atoms with Gasteiger partial charge in [0.2, 0.25) is 0 Å². The number of esters is 1. The maximum Gasteiger partial charge on any atom is 0.333 e. The van der Waals surface area contributed by atoms with Crippen molar-refractivity contribution in [1.82, 2.24) is 0 Å². The molecule has 0 aromatic rings. The van der Waals surface area contributed by atoms with Gasteiger partial charge in [-0.1, -0.05) is 45.1 Å². The summed E-state index contributed by atoms with van der Waals surface area (Å²) in [6, 6.07) is 0. The molecular formula is C20H38NO3+. The smallest absolute Gasteiger partial charge is 0.333 e. The molecule has 0 aromatic heterocycles. The number of morpholine rings is 1. The minimum atomic E-state index is -0.261. The largest absolute Gasteiger partial charge is 0.462 e. The fraction of sp³-hybridized carbons (Fsp3) is 0.850. The van der Waals surface area contributed by atoms with E-state index >= 15 is 0 Å². The van der Waals surface area contributed by atoms with Crippen LogP contribution in [0.2, 0.25) is 0 Å². The highest BCUT2D eigenvalue weighted by Crippen LogP contribution is 2.13. The first-order chi connectivity index (χ1) is 11.5. The summed E-state index contributed by atoms with van der Waals surface area (Å²) in [4.78, 5) is 11.2. The molecule has 0 aliphatic carbocycles. The molecule has 0 N–H and O–H groups in total. The molecule has 24 heavy (non-hydrogen) atoms.